The average molecular weight is 278 g/mol. The van der Waals surface area contributed by atoms with Crippen molar-refractivity contribution in [2.24, 2.45) is 5.90 Å². The van der Waals surface area contributed by atoms with Gasteiger partial charge in [-0.15, -0.1) is 0 Å². The normalized spacial score (nSPS) is 16.6. The summed E-state index contributed by atoms with van der Waals surface area (Å²) in [6, 6.07) is 7.70. The summed E-state index contributed by atoms with van der Waals surface area (Å²) < 4.78 is 5.28. The fourth-order valence-corrected chi connectivity index (χ4v) is 2.27. The van der Waals surface area contributed by atoms with Gasteiger partial charge >= 0.3 is 6.09 Å². The van der Waals surface area contributed by atoms with E-state index in [1.54, 1.807) is 0 Å². The van der Waals surface area contributed by atoms with Crippen molar-refractivity contribution in [3.8, 4) is 0 Å². The first-order chi connectivity index (χ1) is 9.36. The van der Waals surface area contributed by atoms with E-state index in [0.29, 0.717) is 6.61 Å². The van der Waals surface area contributed by atoms with Gasteiger partial charge in [0, 0.05) is 11.1 Å². The summed E-state index contributed by atoms with van der Waals surface area (Å²) in [6.07, 6.45) is 1.57. The van der Waals surface area contributed by atoms with Crippen molar-refractivity contribution in [1.29, 1.82) is 0 Å². The van der Waals surface area contributed by atoms with Crippen LogP contribution in [-0.2, 0) is 15.0 Å². The fourth-order valence-electron chi connectivity index (χ4n) is 2.27. The number of ether oxygens (including phenoxy) is 1. The molecule has 0 aromatic heterocycles. The van der Waals surface area contributed by atoms with E-state index >= 15 is 0 Å². The van der Waals surface area contributed by atoms with Gasteiger partial charge in [0.25, 0.3) is 0 Å². The summed E-state index contributed by atoms with van der Waals surface area (Å²) in [5, 5.41) is 2.81. The number of carbonyl (C=O) groups is 1. The van der Waals surface area contributed by atoms with Crippen molar-refractivity contribution in [2.75, 3.05) is 11.9 Å². The van der Waals surface area contributed by atoms with Gasteiger partial charge in [0.1, 0.15) is 5.60 Å². The predicted octanol–water partition coefficient (Wildman–Crippen LogP) is 2.96. The number of carbonyl (C=O) groups excluding carboxylic acids is 1. The van der Waals surface area contributed by atoms with Crippen LogP contribution in [0.15, 0.2) is 24.3 Å². The van der Waals surface area contributed by atoms with Gasteiger partial charge < -0.3 is 9.57 Å². The molecule has 1 fully saturated rings. The zero-order chi connectivity index (χ0) is 14.8. The van der Waals surface area contributed by atoms with E-state index in [9.17, 15) is 4.79 Å². The average Bonchev–Trinajstić information content (AvgIpc) is 3.08. The standard InChI is InChI=1S/C15H22N2O3/c1-14(2,3)20-13(18)17-12-7-5-4-6-11(12)15(8-9-15)10-19-16/h4-7H,8-10,16H2,1-3H3,(H,17,18). The minimum Gasteiger partial charge on any atom is -0.444 e. The molecule has 1 aliphatic rings. The van der Waals surface area contributed by atoms with Crippen molar-refractivity contribution in [1.82, 2.24) is 0 Å². The molecule has 0 bridgehead atoms. The second kappa shape index (κ2) is 5.42. The maximum absolute atomic E-state index is 11.9. The summed E-state index contributed by atoms with van der Waals surface area (Å²) in [6.45, 7) is 5.97. The van der Waals surface area contributed by atoms with Crippen molar-refractivity contribution in [3.05, 3.63) is 29.8 Å². The minimum absolute atomic E-state index is 0.0691. The number of hydrogen-bond donors (Lipinski definition) is 2. The molecule has 20 heavy (non-hydrogen) atoms. The zero-order valence-corrected chi connectivity index (χ0v) is 12.2. The van der Waals surface area contributed by atoms with Crippen LogP contribution in [0.1, 0.15) is 39.2 Å². The highest BCUT2D eigenvalue weighted by molar-refractivity contribution is 5.86. The quantitative estimate of drug-likeness (QED) is 0.830. The molecule has 5 nitrogen and oxygen atoms in total. The lowest BCUT2D eigenvalue weighted by Gasteiger charge is -2.22. The van der Waals surface area contributed by atoms with Gasteiger partial charge in [0.15, 0.2) is 0 Å². The first-order valence-corrected chi connectivity index (χ1v) is 6.77. The summed E-state index contributed by atoms with van der Waals surface area (Å²) in [5.41, 5.74) is 1.23. The Labute approximate surface area is 119 Å². The molecule has 110 valence electrons. The minimum atomic E-state index is -0.517. The fraction of sp³-hybridized carbons (Fsp3) is 0.533. The highest BCUT2D eigenvalue weighted by Crippen LogP contribution is 2.50. The Morgan fingerprint density at radius 3 is 2.55 bits per heavy atom. The number of para-hydroxylation sites is 1. The van der Waals surface area contributed by atoms with Crippen molar-refractivity contribution in [3.63, 3.8) is 0 Å². The highest BCUT2D eigenvalue weighted by Gasteiger charge is 2.46. The summed E-state index contributed by atoms with van der Waals surface area (Å²) in [7, 11) is 0. The third-order valence-electron chi connectivity index (χ3n) is 3.35. The molecule has 1 aromatic rings. The van der Waals surface area contributed by atoms with Crippen LogP contribution < -0.4 is 11.2 Å². The van der Waals surface area contributed by atoms with Crippen molar-refractivity contribution < 1.29 is 14.4 Å². The predicted molar refractivity (Wildman–Crippen MR) is 77.4 cm³/mol. The second-order valence-electron chi connectivity index (χ2n) is 6.26. The number of nitrogens with two attached hydrogens (primary N) is 1. The van der Waals surface area contributed by atoms with Crippen LogP contribution in [0.5, 0.6) is 0 Å². The molecule has 0 atom stereocenters. The Balaban J connectivity index is 2.15. The Morgan fingerprint density at radius 2 is 2.00 bits per heavy atom. The number of amides is 1. The van der Waals surface area contributed by atoms with Gasteiger partial charge in [0.05, 0.1) is 6.61 Å². The summed E-state index contributed by atoms with van der Waals surface area (Å²) >= 11 is 0. The van der Waals surface area contributed by atoms with E-state index in [1.165, 1.54) is 0 Å². The zero-order valence-electron chi connectivity index (χ0n) is 12.2. The van der Waals surface area contributed by atoms with Crippen LogP contribution in [0, 0.1) is 0 Å². The molecule has 1 amide bonds. The smallest absolute Gasteiger partial charge is 0.412 e. The van der Waals surface area contributed by atoms with E-state index < -0.39 is 11.7 Å². The lowest BCUT2D eigenvalue weighted by molar-refractivity contribution is 0.0635. The van der Waals surface area contributed by atoms with Crippen LogP contribution in [0.3, 0.4) is 0 Å². The number of hydrogen-bond acceptors (Lipinski definition) is 4. The van der Waals surface area contributed by atoms with Crippen LogP contribution in [0.2, 0.25) is 0 Å². The molecule has 2 rings (SSSR count). The van der Waals surface area contributed by atoms with E-state index in [0.717, 1.165) is 24.1 Å². The molecule has 0 heterocycles. The molecule has 1 saturated carbocycles. The maximum atomic E-state index is 11.9. The van der Waals surface area contributed by atoms with Crippen LogP contribution in [0.25, 0.3) is 0 Å². The van der Waals surface area contributed by atoms with Crippen molar-refractivity contribution in [2.45, 2.75) is 44.6 Å². The van der Waals surface area contributed by atoms with Crippen LogP contribution >= 0.6 is 0 Å². The van der Waals surface area contributed by atoms with E-state index in [2.05, 4.69) is 5.32 Å². The van der Waals surface area contributed by atoms with Crippen molar-refractivity contribution >= 4 is 11.8 Å². The Morgan fingerprint density at radius 1 is 1.35 bits per heavy atom. The molecule has 0 saturated heterocycles. The molecule has 1 aliphatic carbocycles. The van der Waals surface area contributed by atoms with Crippen LogP contribution in [-0.4, -0.2) is 18.3 Å². The summed E-state index contributed by atoms with van der Waals surface area (Å²) in [5.74, 6) is 5.21. The van der Waals surface area contributed by atoms with E-state index in [4.69, 9.17) is 15.5 Å². The lowest BCUT2D eigenvalue weighted by Crippen LogP contribution is -2.28. The van der Waals surface area contributed by atoms with Gasteiger partial charge in [-0.25, -0.2) is 10.7 Å². The highest BCUT2D eigenvalue weighted by atomic mass is 16.6. The molecule has 5 heteroatoms. The van der Waals surface area contributed by atoms with Gasteiger partial charge in [-0.3, -0.25) is 5.32 Å². The third kappa shape index (κ3) is 3.49. The molecule has 0 radical (unpaired) electrons. The van der Waals surface area contributed by atoms with E-state index in [-0.39, 0.29) is 5.41 Å². The topological polar surface area (TPSA) is 73.6 Å². The first kappa shape index (κ1) is 14.8. The Bertz CT molecular complexity index is 490. The number of benzene rings is 1. The van der Waals surface area contributed by atoms with Gasteiger partial charge in [-0.1, -0.05) is 18.2 Å². The Kier molecular flexibility index (Phi) is 4.01. The first-order valence-electron chi connectivity index (χ1n) is 6.77. The SMILES string of the molecule is CC(C)(C)OC(=O)Nc1ccccc1C1(CON)CC1. The molecular weight excluding hydrogens is 256 g/mol. The third-order valence-corrected chi connectivity index (χ3v) is 3.35. The maximum Gasteiger partial charge on any atom is 0.412 e. The van der Waals surface area contributed by atoms with E-state index in [1.807, 2.05) is 45.0 Å². The molecule has 0 aliphatic heterocycles. The molecule has 0 unspecified atom stereocenters. The Hall–Kier alpha value is -1.59. The second-order valence-corrected chi connectivity index (χ2v) is 6.26. The lowest BCUT2D eigenvalue weighted by atomic mass is 9.95. The molecule has 1 aromatic carbocycles. The van der Waals surface area contributed by atoms with Gasteiger partial charge in [-0.2, -0.15) is 0 Å². The summed E-state index contributed by atoms with van der Waals surface area (Å²) in [4.78, 5) is 16.7. The van der Waals surface area contributed by atoms with Crippen LogP contribution in [0.4, 0.5) is 10.5 Å². The van der Waals surface area contributed by atoms with Gasteiger partial charge in [-0.05, 0) is 45.2 Å². The number of rotatable bonds is 4. The molecule has 0 spiro atoms. The largest absolute Gasteiger partial charge is 0.444 e. The number of anilines is 1. The molecule has 3 N–H and O–H groups in total. The molecular formula is C15H22N2O3. The van der Waals surface area contributed by atoms with Gasteiger partial charge in [0.2, 0.25) is 0 Å². The number of nitrogens with one attached hydrogen (secondary N) is 1. The monoisotopic (exact) mass is 278 g/mol.